The fraction of sp³-hybridized carbons (Fsp3) is 0. The molecule has 19 heavy (non-hydrogen) atoms. The van der Waals surface area contributed by atoms with Gasteiger partial charge in [-0.15, -0.1) is 0 Å². The first-order valence-electron chi connectivity index (χ1n) is 5.75. The average Bonchev–Trinajstić information content (AvgIpc) is 2.44. The molecule has 0 saturated heterocycles. The molecule has 2 aromatic carbocycles. The largest absolute Gasteiger partial charge is 0.457 e. The minimum absolute atomic E-state index is 0.831. The van der Waals surface area contributed by atoms with Crippen LogP contribution in [-0.2, 0) is 0 Å². The molecule has 0 aliphatic rings. The topological polar surface area (TPSA) is 9.23 Å². The Kier molecular flexibility index (Phi) is 5.19. The third-order valence-electron chi connectivity index (χ3n) is 2.32. The van der Waals surface area contributed by atoms with Crippen molar-refractivity contribution in [3.63, 3.8) is 0 Å². The molecule has 0 aliphatic carbocycles. The molecule has 0 bridgehead atoms. The Hall–Kier alpha value is -1.58. The lowest BCUT2D eigenvalue weighted by molar-refractivity contribution is 0.482. The van der Waals surface area contributed by atoms with Gasteiger partial charge in [0.2, 0.25) is 0 Å². The molecule has 0 amide bonds. The van der Waals surface area contributed by atoms with Gasteiger partial charge in [-0.25, -0.2) is 0 Å². The van der Waals surface area contributed by atoms with Gasteiger partial charge in [0.15, 0.2) is 0 Å². The maximum absolute atomic E-state index is 5.77. The first kappa shape index (κ1) is 13.8. The zero-order valence-corrected chi connectivity index (χ0v) is 12.0. The predicted octanol–water partition coefficient (Wildman–Crippen LogP) is 5.95. The Morgan fingerprint density at radius 3 is 1.37 bits per heavy atom. The van der Waals surface area contributed by atoms with E-state index in [9.17, 15) is 0 Å². The third-order valence-corrected chi connectivity index (χ3v) is 3.74. The van der Waals surface area contributed by atoms with Crippen molar-refractivity contribution >= 4 is 23.5 Å². The van der Waals surface area contributed by atoms with Crippen LogP contribution in [0.3, 0.4) is 0 Å². The highest BCUT2D eigenvalue weighted by Gasteiger charge is 1.98. The molecule has 96 valence electrons. The van der Waals surface area contributed by atoms with E-state index in [1.54, 1.807) is 23.5 Å². The summed E-state index contributed by atoms with van der Waals surface area (Å²) in [6.07, 6.45) is 0. The molecule has 3 heteroatoms. The van der Waals surface area contributed by atoms with Crippen LogP contribution in [0.4, 0.5) is 0 Å². The Morgan fingerprint density at radius 2 is 1.05 bits per heavy atom. The highest BCUT2D eigenvalue weighted by atomic mass is 32.2. The lowest BCUT2D eigenvalue weighted by atomic mass is 10.3. The van der Waals surface area contributed by atoms with E-state index in [2.05, 4.69) is 13.2 Å². The Bertz CT molecular complexity index is 492. The second-order valence-electron chi connectivity index (χ2n) is 3.61. The van der Waals surface area contributed by atoms with Crippen LogP contribution in [0.15, 0.2) is 82.3 Å². The molecule has 0 aromatic heterocycles. The number of benzene rings is 2. The first-order chi connectivity index (χ1) is 9.31. The van der Waals surface area contributed by atoms with Crippen LogP contribution in [0.5, 0.6) is 11.5 Å². The molecule has 1 nitrogen and oxygen atoms in total. The van der Waals surface area contributed by atoms with Crippen molar-refractivity contribution in [1.29, 1.82) is 0 Å². The van der Waals surface area contributed by atoms with E-state index in [0.717, 1.165) is 21.3 Å². The lowest BCUT2D eigenvalue weighted by Gasteiger charge is -2.06. The van der Waals surface area contributed by atoms with Gasteiger partial charge >= 0.3 is 0 Å². The van der Waals surface area contributed by atoms with E-state index < -0.39 is 0 Å². The molecular weight excluding hydrogens is 272 g/mol. The Morgan fingerprint density at radius 1 is 0.684 bits per heavy atom. The van der Waals surface area contributed by atoms with E-state index in [1.807, 2.05) is 59.3 Å². The van der Waals surface area contributed by atoms with E-state index >= 15 is 0 Å². The highest BCUT2D eigenvalue weighted by molar-refractivity contribution is 8.02. The smallest absolute Gasteiger partial charge is 0.127 e. The second-order valence-corrected chi connectivity index (χ2v) is 5.69. The molecule has 0 saturated carbocycles. The molecule has 0 fully saturated rings. The number of thioether (sulfide) groups is 2. The molecule has 0 radical (unpaired) electrons. The summed E-state index contributed by atoms with van der Waals surface area (Å²) in [5.41, 5.74) is 0. The normalized spacial score (nSPS) is 9.89. The summed E-state index contributed by atoms with van der Waals surface area (Å²) in [6.45, 7) is 7.38. The molecule has 0 N–H and O–H groups in total. The minimum atomic E-state index is 0.831. The molecule has 2 aromatic rings. The van der Waals surface area contributed by atoms with Gasteiger partial charge in [0.05, 0.1) is 0 Å². The van der Waals surface area contributed by atoms with Crippen molar-refractivity contribution in [2.75, 3.05) is 0 Å². The van der Waals surface area contributed by atoms with Crippen LogP contribution in [-0.4, -0.2) is 0 Å². The Labute approximate surface area is 122 Å². The summed E-state index contributed by atoms with van der Waals surface area (Å²) in [5, 5.41) is 3.62. The van der Waals surface area contributed by atoms with Gasteiger partial charge in [-0.1, -0.05) is 36.7 Å². The number of ether oxygens (including phenoxy) is 1. The molecule has 0 heterocycles. The van der Waals surface area contributed by atoms with Crippen LogP contribution in [0.1, 0.15) is 0 Å². The molecular formula is C16H14OS2. The van der Waals surface area contributed by atoms with Crippen molar-refractivity contribution in [3.05, 3.63) is 72.5 Å². The summed E-state index contributed by atoms with van der Waals surface area (Å²) >= 11 is 3.19. The number of rotatable bonds is 6. The highest BCUT2D eigenvalue weighted by Crippen LogP contribution is 2.27. The van der Waals surface area contributed by atoms with Crippen molar-refractivity contribution in [2.45, 2.75) is 9.79 Å². The number of hydrogen-bond acceptors (Lipinski definition) is 3. The summed E-state index contributed by atoms with van der Waals surface area (Å²) in [6, 6.07) is 15.9. The summed E-state index contributed by atoms with van der Waals surface area (Å²) < 4.78 is 5.77. The van der Waals surface area contributed by atoms with Gasteiger partial charge in [0.25, 0.3) is 0 Å². The van der Waals surface area contributed by atoms with E-state index in [1.165, 1.54) is 0 Å². The van der Waals surface area contributed by atoms with E-state index in [-0.39, 0.29) is 0 Å². The fourth-order valence-electron chi connectivity index (χ4n) is 1.50. The number of hydrogen-bond donors (Lipinski definition) is 0. The standard InChI is InChI=1S/C16H14OS2/c1-3-18-15-9-5-13(6-10-15)17-14-7-11-16(12-8-14)19-4-2/h3-12H,1-2H2. The Balaban J connectivity index is 2.03. The van der Waals surface area contributed by atoms with Crippen LogP contribution in [0.2, 0.25) is 0 Å². The molecule has 0 atom stereocenters. The van der Waals surface area contributed by atoms with Gasteiger partial charge in [-0.05, 0) is 59.3 Å². The van der Waals surface area contributed by atoms with Crippen molar-refractivity contribution in [2.24, 2.45) is 0 Å². The minimum Gasteiger partial charge on any atom is -0.457 e. The maximum Gasteiger partial charge on any atom is 0.127 e. The van der Waals surface area contributed by atoms with Gasteiger partial charge < -0.3 is 4.74 Å². The monoisotopic (exact) mass is 286 g/mol. The quantitative estimate of drug-likeness (QED) is 0.607. The van der Waals surface area contributed by atoms with E-state index in [0.29, 0.717) is 0 Å². The van der Waals surface area contributed by atoms with Crippen LogP contribution in [0, 0.1) is 0 Å². The summed E-state index contributed by atoms with van der Waals surface area (Å²) in [4.78, 5) is 2.31. The van der Waals surface area contributed by atoms with Crippen LogP contribution >= 0.6 is 23.5 Å². The lowest BCUT2D eigenvalue weighted by Crippen LogP contribution is -1.83. The van der Waals surface area contributed by atoms with Gasteiger partial charge in [0.1, 0.15) is 11.5 Å². The zero-order valence-electron chi connectivity index (χ0n) is 10.4. The molecule has 2 rings (SSSR count). The second kappa shape index (κ2) is 7.12. The van der Waals surface area contributed by atoms with E-state index in [4.69, 9.17) is 4.74 Å². The zero-order chi connectivity index (χ0) is 13.5. The molecule has 0 spiro atoms. The van der Waals surface area contributed by atoms with Gasteiger partial charge in [-0.3, -0.25) is 0 Å². The molecule has 0 unspecified atom stereocenters. The summed E-state index contributed by atoms with van der Waals surface area (Å²) in [7, 11) is 0. The third kappa shape index (κ3) is 4.23. The average molecular weight is 286 g/mol. The predicted molar refractivity (Wildman–Crippen MR) is 85.1 cm³/mol. The van der Waals surface area contributed by atoms with Crippen LogP contribution < -0.4 is 4.74 Å². The maximum atomic E-state index is 5.77. The summed E-state index contributed by atoms with van der Waals surface area (Å²) in [5.74, 6) is 1.66. The van der Waals surface area contributed by atoms with Gasteiger partial charge in [0, 0.05) is 9.79 Å². The van der Waals surface area contributed by atoms with Crippen molar-refractivity contribution in [1.82, 2.24) is 0 Å². The van der Waals surface area contributed by atoms with Crippen molar-refractivity contribution in [3.8, 4) is 11.5 Å². The van der Waals surface area contributed by atoms with Crippen molar-refractivity contribution < 1.29 is 4.74 Å². The fourth-order valence-corrected chi connectivity index (χ4v) is 2.47. The van der Waals surface area contributed by atoms with Crippen LogP contribution in [0.25, 0.3) is 0 Å². The SMILES string of the molecule is C=CSc1ccc(Oc2ccc(SC=C)cc2)cc1. The first-order valence-corrected chi connectivity index (χ1v) is 7.51. The van der Waals surface area contributed by atoms with Gasteiger partial charge in [-0.2, -0.15) is 0 Å². The molecule has 0 aliphatic heterocycles.